The molecule has 1 aliphatic rings. The van der Waals surface area contributed by atoms with E-state index in [4.69, 9.17) is 4.74 Å². The van der Waals surface area contributed by atoms with E-state index in [2.05, 4.69) is 31.2 Å². The molecule has 3 heteroatoms. The Labute approximate surface area is 109 Å². The molecular formula is C15H21NO2. The average molecular weight is 247 g/mol. The molecule has 3 nitrogen and oxygen atoms in total. The lowest BCUT2D eigenvalue weighted by Gasteiger charge is -2.33. The van der Waals surface area contributed by atoms with Crippen LogP contribution in [0.2, 0.25) is 0 Å². The molecule has 1 aromatic carbocycles. The molecule has 1 atom stereocenters. The Morgan fingerprint density at radius 1 is 1.39 bits per heavy atom. The molecule has 0 bridgehead atoms. The Kier molecular flexibility index (Phi) is 4.37. The second-order valence-electron chi connectivity index (χ2n) is 5.00. The minimum atomic E-state index is 0.212. The van der Waals surface area contributed by atoms with Gasteiger partial charge in [0.25, 0.3) is 0 Å². The van der Waals surface area contributed by atoms with Gasteiger partial charge in [0.1, 0.15) is 0 Å². The zero-order chi connectivity index (χ0) is 13.0. The number of aryl methyl sites for hydroxylation is 2. The van der Waals surface area contributed by atoms with Crippen LogP contribution in [0.1, 0.15) is 24.5 Å². The van der Waals surface area contributed by atoms with Gasteiger partial charge in [-0.2, -0.15) is 0 Å². The molecule has 1 heterocycles. The van der Waals surface area contributed by atoms with Gasteiger partial charge in [-0.15, -0.1) is 0 Å². The summed E-state index contributed by atoms with van der Waals surface area (Å²) in [4.78, 5) is 14.1. The maximum absolute atomic E-state index is 12.1. The maximum atomic E-state index is 12.1. The smallest absolute Gasteiger partial charge is 0.223 e. The molecule has 1 aliphatic heterocycles. The molecule has 0 spiro atoms. The summed E-state index contributed by atoms with van der Waals surface area (Å²) in [5, 5.41) is 0. The number of hydrogen-bond donors (Lipinski definition) is 0. The standard InChI is InChI=1S/C15H21NO2/c1-12-3-5-14(6-4-12)7-8-15(17)16-9-10-18-11-13(16)2/h3-6,13H,7-11H2,1-2H3. The van der Waals surface area contributed by atoms with Crippen LogP contribution >= 0.6 is 0 Å². The molecule has 1 unspecified atom stereocenters. The molecule has 18 heavy (non-hydrogen) atoms. The highest BCUT2D eigenvalue weighted by atomic mass is 16.5. The fourth-order valence-electron chi connectivity index (χ4n) is 2.25. The van der Waals surface area contributed by atoms with Gasteiger partial charge in [0.15, 0.2) is 0 Å². The molecule has 1 fully saturated rings. The average Bonchev–Trinajstić information content (AvgIpc) is 2.38. The molecule has 2 rings (SSSR count). The summed E-state index contributed by atoms with van der Waals surface area (Å²) in [5.41, 5.74) is 2.49. The van der Waals surface area contributed by atoms with Gasteiger partial charge in [-0.1, -0.05) is 29.8 Å². The number of benzene rings is 1. The van der Waals surface area contributed by atoms with E-state index in [1.807, 2.05) is 11.8 Å². The van der Waals surface area contributed by atoms with Gasteiger partial charge in [-0.3, -0.25) is 4.79 Å². The Balaban J connectivity index is 1.85. The first-order chi connectivity index (χ1) is 8.66. The molecule has 0 saturated carbocycles. The van der Waals surface area contributed by atoms with Crippen molar-refractivity contribution >= 4 is 5.91 Å². The van der Waals surface area contributed by atoms with Crippen molar-refractivity contribution in [3.63, 3.8) is 0 Å². The summed E-state index contributed by atoms with van der Waals surface area (Å²) >= 11 is 0. The first kappa shape index (κ1) is 13.1. The summed E-state index contributed by atoms with van der Waals surface area (Å²) in [7, 11) is 0. The maximum Gasteiger partial charge on any atom is 0.223 e. The van der Waals surface area contributed by atoms with Gasteiger partial charge in [0.05, 0.1) is 19.3 Å². The Bertz CT molecular complexity index is 399. The highest BCUT2D eigenvalue weighted by Crippen LogP contribution is 2.11. The van der Waals surface area contributed by atoms with Crippen LogP contribution in [-0.2, 0) is 16.0 Å². The number of morpholine rings is 1. The number of carbonyl (C=O) groups excluding carboxylic acids is 1. The van der Waals surface area contributed by atoms with Gasteiger partial charge >= 0.3 is 0 Å². The van der Waals surface area contributed by atoms with E-state index >= 15 is 0 Å². The van der Waals surface area contributed by atoms with E-state index < -0.39 is 0 Å². The first-order valence-electron chi connectivity index (χ1n) is 6.59. The fraction of sp³-hybridized carbons (Fsp3) is 0.533. The van der Waals surface area contributed by atoms with Gasteiger partial charge in [-0.25, -0.2) is 0 Å². The molecular weight excluding hydrogens is 226 g/mol. The number of hydrogen-bond acceptors (Lipinski definition) is 2. The van der Waals surface area contributed by atoms with Crippen molar-refractivity contribution in [2.45, 2.75) is 32.7 Å². The van der Waals surface area contributed by atoms with E-state index in [0.717, 1.165) is 13.0 Å². The lowest BCUT2D eigenvalue weighted by molar-refractivity contribution is -0.139. The van der Waals surface area contributed by atoms with Crippen LogP contribution in [0.3, 0.4) is 0 Å². The molecule has 0 N–H and O–H groups in total. The highest BCUT2D eigenvalue weighted by Gasteiger charge is 2.22. The van der Waals surface area contributed by atoms with Crippen molar-refractivity contribution in [1.82, 2.24) is 4.90 Å². The van der Waals surface area contributed by atoms with Crippen molar-refractivity contribution < 1.29 is 9.53 Å². The Hall–Kier alpha value is -1.35. The third-order valence-corrected chi connectivity index (χ3v) is 3.44. The van der Waals surface area contributed by atoms with Crippen LogP contribution in [0.25, 0.3) is 0 Å². The minimum Gasteiger partial charge on any atom is -0.377 e. The zero-order valence-electron chi connectivity index (χ0n) is 11.2. The van der Waals surface area contributed by atoms with Crippen molar-refractivity contribution in [2.24, 2.45) is 0 Å². The molecule has 98 valence electrons. The lowest BCUT2D eigenvalue weighted by Crippen LogP contribution is -2.47. The van der Waals surface area contributed by atoms with Crippen molar-refractivity contribution in [1.29, 1.82) is 0 Å². The quantitative estimate of drug-likeness (QED) is 0.819. The monoisotopic (exact) mass is 247 g/mol. The Morgan fingerprint density at radius 3 is 2.78 bits per heavy atom. The molecule has 0 aliphatic carbocycles. The largest absolute Gasteiger partial charge is 0.377 e. The van der Waals surface area contributed by atoms with Gasteiger partial charge in [-0.05, 0) is 25.8 Å². The van der Waals surface area contributed by atoms with Crippen LogP contribution in [-0.4, -0.2) is 36.6 Å². The second kappa shape index (κ2) is 6.01. The number of carbonyl (C=O) groups is 1. The van der Waals surface area contributed by atoms with Crippen molar-refractivity contribution in [2.75, 3.05) is 19.8 Å². The summed E-state index contributed by atoms with van der Waals surface area (Å²) in [6.45, 7) is 6.18. The minimum absolute atomic E-state index is 0.212. The second-order valence-corrected chi connectivity index (χ2v) is 5.00. The van der Waals surface area contributed by atoms with Crippen molar-refractivity contribution in [3.05, 3.63) is 35.4 Å². The van der Waals surface area contributed by atoms with E-state index in [0.29, 0.717) is 19.6 Å². The summed E-state index contributed by atoms with van der Waals surface area (Å²) in [5.74, 6) is 0.242. The summed E-state index contributed by atoms with van der Waals surface area (Å²) in [6, 6.07) is 8.61. The lowest BCUT2D eigenvalue weighted by atomic mass is 10.1. The predicted octanol–water partition coefficient (Wildman–Crippen LogP) is 2.17. The molecule has 0 aromatic heterocycles. The van der Waals surface area contributed by atoms with Gasteiger partial charge in [0, 0.05) is 13.0 Å². The van der Waals surface area contributed by atoms with Crippen LogP contribution in [0, 0.1) is 6.92 Å². The molecule has 1 saturated heterocycles. The molecule has 1 aromatic rings. The van der Waals surface area contributed by atoms with Gasteiger partial charge < -0.3 is 9.64 Å². The highest BCUT2D eigenvalue weighted by molar-refractivity contribution is 5.76. The first-order valence-corrected chi connectivity index (χ1v) is 6.59. The van der Waals surface area contributed by atoms with E-state index in [1.54, 1.807) is 0 Å². The fourth-order valence-corrected chi connectivity index (χ4v) is 2.25. The number of ether oxygens (including phenoxy) is 1. The van der Waals surface area contributed by atoms with E-state index in [1.165, 1.54) is 11.1 Å². The van der Waals surface area contributed by atoms with E-state index in [9.17, 15) is 4.79 Å². The van der Waals surface area contributed by atoms with Crippen LogP contribution < -0.4 is 0 Å². The van der Waals surface area contributed by atoms with Crippen LogP contribution in [0.4, 0.5) is 0 Å². The normalized spacial score (nSPS) is 19.9. The SMILES string of the molecule is Cc1ccc(CCC(=O)N2CCOCC2C)cc1. The van der Waals surface area contributed by atoms with E-state index in [-0.39, 0.29) is 11.9 Å². The molecule has 1 amide bonds. The van der Waals surface area contributed by atoms with Crippen LogP contribution in [0.5, 0.6) is 0 Å². The van der Waals surface area contributed by atoms with Crippen LogP contribution in [0.15, 0.2) is 24.3 Å². The molecule has 0 radical (unpaired) electrons. The number of amides is 1. The van der Waals surface area contributed by atoms with Crippen molar-refractivity contribution in [3.8, 4) is 0 Å². The third-order valence-electron chi connectivity index (χ3n) is 3.44. The third kappa shape index (κ3) is 3.33. The predicted molar refractivity (Wildman–Crippen MR) is 71.5 cm³/mol. The number of nitrogens with zero attached hydrogens (tertiary/aromatic N) is 1. The topological polar surface area (TPSA) is 29.5 Å². The Morgan fingerprint density at radius 2 is 2.11 bits per heavy atom. The zero-order valence-corrected chi connectivity index (χ0v) is 11.2. The summed E-state index contributed by atoms with van der Waals surface area (Å²) < 4.78 is 5.34. The van der Waals surface area contributed by atoms with Gasteiger partial charge in [0.2, 0.25) is 5.91 Å². The summed E-state index contributed by atoms with van der Waals surface area (Å²) in [6.07, 6.45) is 1.41. The number of rotatable bonds is 3.